The highest BCUT2D eigenvalue weighted by Gasteiger charge is 2.17. The van der Waals surface area contributed by atoms with Gasteiger partial charge < -0.3 is 4.74 Å². The van der Waals surface area contributed by atoms with Crippen molar-refractivity contribution in [3.63, 3.8) is 0 Å². The standard InChI is InChI=1S/C12H17ClO3S/c1-12(2,3)16-8-9-5-6-10(13)7-11(9)17(4,14)15/h5-7H,8H2,1-4H3. The van der Waals surface area contributed by atoms with Crippen molar-refractivity contribution < 1.29 is 13.2 Å². The van der Waals surface area contributed by atoms with Crippen LogP contribution in [-0.4, -0.2) is 20.3 Å². The van der Waals surface area contributed by atoms with Gasteiger partial charge in [-0.3, -0.25) is 0 Å². The van der Waals surface area contributed by atoms with Gasteiger partial charge in [-0.15, -0.1) is 0 Å². The second-order valence-electron chi connectivity index (χ2n) is 4.93. The molecule has 0 aliphatic rings. The molecule has 0 aromatic heterocycles. The molecule has 0 fully saturated rings. The first-order chi connectivity index (χ1) is 7.59. The third kappa shape index (κ3) is 4.66. The van der Waals surface area contributed by atoms with Crippen molar-refractivity contribution in [2.24, 2.45) is 0 Å². The van der Waals surface area contributed by atoms with Gasteiger partial charge in [-0.1, -0.05) is 17.7 Å². The van der Waals surface area contributed by atoms with Crippen molar-refractivity contribution in [1.82, 2.24) is 0 Å². The largest absolute Gasteiger partial charge is 0.371 e. The fraction of sp³-hybridized carbons (Fsp3) is 0.500. The minimum Gasteiger partial charge on any atom is -0.371 e. The average Bonchev–Trinajstić information content (AvgIpc) is 2.13. The Labute approximate surface area is 108 Å². The van der Waals surface area contributed by atoms with E-state index in [0.29, 0.717) is 10.6 Å². The average molecular weight is 277 g/mol. The smallest absolute Gasteiger partial charge is 0.175 e. The quantitative estimate of drug-likeness (QED) is 0.852. The van der Waals surface area contributed by atoms with Crippen LogP contribution in [0.15, 0.2) is 23.1 Å². The van der Waals surface area contributed by atoms with E-state index in [9.17, 15) is 8.42 Å². The molecular weight excluding hydrogens is 260 g/mol. The maximum absolute atomic E-state index is 11.6. The van der Waals surface area contributed by atoms with E-state index in [1.807, 2.05) is 20.8 Å². The molecule has 17 heavy (non-hydrogen) atoms. The summed E-state index contributed by atoms with van der Waals surface area (Å²) in [6, 6.07) is 4.81. The topological polar surface area (TPSA) is 43.4 Å². The summed E-state index contributed by atoms with van der Waals surface area (Å²) in [4.78, 5) is 0.231. The predicted molar refractivity (Wildman–Crippen MR) is 69.1 cm³/mol. The molecule has 1 aromatic rings. The molecule has 0 aliphatic carbocycles. The van der Waals surface area contributed by atoms with Gasteiger partial charge in [-0.25, -0.2) is 8.42 Å². The number of ether oxygens (including phenoxy) is 1. The Morgan fingerprint density at radius 1 is 1.29 bits per heavy atom. The molecule has 0 unspecified atom stereocenters. The van der Waals surface area contributed by atoms with Gasteiger partial charge in [0.1, 0.15) is 0 Å². The molecule has 0 saturated carbocycles. The lowest BCUT2D eigenvalue weighted by molar-refractivity contribution is -0.0159. The highest BCUT2D eigenvalue weighted by atomic mass is 35.5. The Bertz CT molecular complexity index is 501. The summed E-state index contributed by atoms with van der Waals surface area (Å²) in [5.74, 6) is 0. The van der Waals surface area contributed by atoms with Crippen molar-refractivity contribution in [3.05, 3.63) is 28.8 Å². The van der Waals surface area contributed by atoms with Crippen LogP contribution in [-0.2, 0) is 21.2 Å². The molecule has 1 aromatic carbocycles. The van der Waals surface area contributed by atoms with Gasteiger partial charge in [0.15, 0.2) is 9.84 Å². The van der Waals surface area contributed by atoms with E-state index in [1.165, 1.54) is 12.3 Å². The number of halogens is 1. The van der Waals surface area contributed by atoms with Crippen LogP contribution >= 0.6 is 11.6 Å². The van der Waals surface area contributed by atoms with Crippen molar-refractivity contribution in [2.75, 3.05) is 6.26 Å². The Hall–Kier alpha value is -0.580. The van der Waals surface area contributed by atoms with E-state index in [0.717, 1.165) is 0 Å². The predicted octanol–water partition coefficient (Wildman–Crippen LogP) is 3.06. The molecule has 1 rings (SSSR count). The van der Waals surface area contributed by atoms with Crippen molar-refractivity contribution in [3.8, 4) is 0 Å². The van der Waals surface area contributed by atoms with Crippen LogP contribution < -0.4 is 0 Å². The molecule has 0 bridgehead atoms. The summed E-state index contributed by atoms with van der Waals surface area (Å²) >= 11 is 5.81. The zero-order chi connectivity index (χ0) is 13.3. The summed E-state index contributed by atoms with van der Waals surface area (Å²) in [7, 11) is -3.29. The van der Waals surface area contributed by atoms with Gasteiger partial charge in [0, 0.05) is 11.3 Å². The Kier molecular flexibility index (Phi) is 4.23. The van der Waals surface area contributed by atoms with Gasteiger partial charge in [0.05, 0.1) is 17.1 Å². The Morgan fingerprint density at radius 2 is 1.88 bits per heavy atom. The van der Waals surface area contributed by atoms with E-state index in [1.54, 1.807) is 12.1 Å². The first-order valence-electron chi connectivity index (χ1n) is 5.22. The molecule has 0 atom stereocenters. The maximum Gasteiger partial charge on any atom is 0.175 e. The summed E-state index contributed by atoms with van der Waals surface area (Å²) < 4.78 is 28.8. The van der Waals surface area contributed by atoms with Crippen LogP contribution in [0.3, 0.4) is 0 Å². The molecule has 0 heterocycles. The van der Waals surface area contributed by atoms with Crippen LogP contribution in [0.4, 0.5) is 0 Å². The van der Waals surface area contributed by atoms with Crippen molar-refractivity contribution in [1.29, 1.82) is 0 Å². The Morgan fingerprint density at radius 3 is 2.35 bits per heavy atom. The minimum absolute atomic E-state index is 0.231. The number of rotatable bonds is 3. The third-order valence-electron chi connectivity index (χ3n) is 2.09. The van der Waals surface area contributed by atoms with Gasteiger partial charge in [0.25, 0.3) is 0 Å². The number of hydrogen-bond donors (Lipinski definition) is 0. The molecule has 5 heteroatoms. The highest BCUT2D eigenvalue weighted by molar-refractivity contribution is 7.90. The SMILES string of the molecule is CC(C)(C)OCc1ccc(Cl)cc1S(C)(=O)=O. The first kappa shape index (κ1) is 14.5. The van der Waals surface area contributed by atoms with E-state index in [4.69, 9.17) is 16.3 Å². The number of hydrogen-bond acceptors (Lipinski definition) is 3. The third-order valence-corrected chi connectivity index (χ3v) is 3.50. The molecule has 0 aliphatic heterocycles. The van der Waals surface area contributed by atoms with E-state index < -0.39 is 9.84 Å². The lowest BCUT2D eigenvalue weighted by Crippen LogP contribution is -2.19. The molecule has 96 valence electrons. The van der Waals surface area contributed by atoms with E-state index in [-0.39, 0.29) is 17.1 Å². The summed E-state index contributed by atoms with van der Waals surface area (Å²) in [6.45, 7) is 6.01. The summed E-state index contributed by atoms with van der Waals surface area (Å²) in [5, 5.41) is 0.407. The van der Waals surface area contributed by atoms with Crippen LogP contribution in [0.25, 0.3) is 0 Å². The molecular formula is C12H17ClO3S. The fourth-order valence-corrected chi connectivity index (χ4v) is 2.47. The van der Waals surface area contributed by atoms with E-state index >= 15 is 0 Å². The molecule has 3 nitrogen and oxygen atoms in total. The number of benzene rings is 1. The van der Waals surface area contributed by atoms with Gasteiger partial charge in [-0.05, 0) is 38.5 Å². The van der Waals surface area contributed by atoms with Crippen molar-refractivity contribution in [2.45, 2.75) is 37.9 Å². The molecule has 0 saturated heterocycles. The second-order valence-corrected chi connectivity index (χ2v) is 7.35. The lowest BCUT2D eigenvalue weighted by Gasteiger charge is -2.20. The van der Waals surface area contributed by atoms with Gasteiger partial charge in [0.2, 0.25) is 0 Å². The fourth-order valence-electron chi connectivity index (χ4n) is 1.29. The zero-order valence-corrected chi connectivity index (χ0v) is 12.0. The van der Waals surface area contributed by atoms with Crippen LogP contribution in [0.2, 0.25) is 5.02 Å². The van der Waals surface area contributed by atoms with Crippen LogP contribution in [0.5, 0.6) is 0 Å². The highest BCUT2D eigenvalue weighted by Crippen LogP contribution is 2.23. The first-order valence-corrected chi connectivity index (χ1v) is 7.49. The van der Waals surface area contributed by atoms with Crippen LogP contribution in [0.1, 0.15) is 26.3 Å². The summed E-state index contributed by atoms with van der Waals surface area (Å²) in [5.41, 5.74) is 0.320. The second kappa shape index (κ2) is 4.96. The molecule has 0 N–H and O–H groups in total. The maximum atomic E-state index is 11.6. The minimum atomic E-state index is -3.29. The summed E-state index contributed by atoms with van der Waals surface area (Å²) in [6.07, 6.45) is 1.17. The Balaban J connectivity index is 3.08. The van der Waals surface area contributed by atoms with Crippen molar-refractivity contribution >= 4 is 21.4 Å². The van der Waals surface area contributed by atoms with Crippen LogP contribution in [0, 0.1) is 0 Å². The van der Waals surface area contributed by atoms with E-state index in [2.05, 4.69) is 0 Å². The zero-order valence-electron chi connectivity index (χ0n) is 10.5. The van der Waals surface area contributed by atoms with Gasteiger partial charge in [-0.2, -0.15) is 0 Å². The molecule has 0 spiro atoms. The molecule has 0 amide bonds. The molecule has 0 radical (unpaired) electrons. The number of sulfone groups is 1. The monoisotopic (exact) mass is 276 g/mol. The lowest BCUT2D eigenvalue weighted by atomic mass is 10.2. The normalized spacial score (nSPS) is 12.8. The van der Waals surface area contributed by atoms with Gasteiger partial charge >= 0.3 is 0 Å².